The molecule has 0 saturated carbocycles. The van der Waals surface area contributed by atoms with Gasteiger partial charge in [0.15, 0.2) is 5.78 Å². The molecule has 0 bridgehead atoms. The van der Waals surface area contributed by atoms with Crippen LogP contribution in [0.4, 0.5) is 0 Å². The molecule has 112 valence electrons. The van der Waals surface area contributed by atoms with Crippen molar-refractivity contribution in [1.82, 2.24) is 0 Å². The van der Waals surface area contributed by atoms with E-state index in [2.05, 4.69) is 24.3 Å². The molecule has 2 unspecified atom stereocenters. The minimum atomic E-state index is 0.0586. The number of carbonyl (C=O) groups is 1. The minimum Gasteiger partial charge on any atom is -0.289 e. The topological polar surface area (TPSA) is 29.4 Å². The van der Waals surface area contributed by atoms with Gasteiger partial charge in [-0.3, -0.25) is 9.79 Å². The lowest BCUT2D eigenvalue weighted by molar-refractivity contribution is 0.103. The summed E-state index contributed by atoms with van der Waals surface area (Å²) in [7, 11) is 0. The molecule has 0 aromatic heterocycles. The summed E-state index contributed by atoms with van der Waals surface area (Å²) in [5.74, 6) is 0.520. The van der Waals surface area contributed by atoms with Crippen LogP contribution in [0.2, 0.25) is 0 Å². The number of allylic oxidation sites excluding steroid dienone is 2. The predicted molar refractivity (Wildman–Crippen MR) is 93.0 cm³/mol. The van der Waals surface area contributed by atoms with Crippen LogP contribution in [0.3, 0.4) is 0 Å². The van der Waals surface area contributed by atoms with Gasteiger partial charge in [0.05, 0.1) is 6.04 Å². The lowest BCUT2D eigenvalue weighted by atomic mass is 9.92. The number of hydrogen-bond acceptors (Lipinski definition) is 2. The van der Waals surface area contributed by atoms with Crippen LogP contribution in [0.15, 0.2) is 83.9 Å². The Morgan fingerprint density at radius 3 is 2.52 bits per heavy atom. The molecule has 1 aliphatic heterocycles. The molecule has 0 fully saturated rings. The van der Waals surface area contributed by atoms with Crippen LogP contribution in [0, 0.1) is 5.92 Å². The highest BCUT2D eigenvalue weighted by Gasteiger charge is 2.27. The van der Waals surface area contributed by atoms with Crippen molar-refractivity contribution in [3.8, 4) is 0 Å². The Morgan fingerprint density at radius 2 is 1.70 bits per heavy atom. The summed E-state index contributed by atoms with van der Waals surface area (Å²) in [6.45, 7) is 0. The highest BCUT2D eigenvalue weighted by molar-refractivity contribution is 6.11. The largest absolute Gasteiger partial charge is 0.289 e. The highest BCUT2D eigenvalue weighted by Crippen LogP contribution is 2.29. The molecule has 2 atom stereocenters. The summed E-state index contributed by atoms with van der Waals surface area (Å²) in [5, 5.41) is 0. The van der Waals surface area contributed by atoms with Crippen LogP contribution >= 0.6 is 0 Å². The Morgan fingerprint density at radius 1 is 0.913 bits per heavy atom. The van der Waals surface area contributed by atoms with Gasteiger partial charge < -0.3 is 0 Å². The van der Waals surface area contributed by atoms with Gasteiger partial charge >= 0.3 is 0 Å². The van der Waals surface area contributed by atoms with Gasteiger partial charge in [-0.15, -0.1) is 0 Å². The number of carbonyl (C=O) groups excluding carboxylic acids is 1. The summed E-state index contributed by atoms with van der Waals surface area (Å²) >= 11 is 0. The fourth-order valence-electron chi connectivity index (χ4n) is 3.21. The van der Waals surface area contributed by atoms with E-state index >= 15 is 0 Å². The molecule has 1 aliphatic carbocycles. The van der Waals surface area contributed by atoms with E-state index in [1.165, 1.54) is 0 Å². The molecule has 0 radical (unpaired) electrons. The molecule has 2 aromatic carbocycles. The standard InChI is InChI=1S/C21H17NO/c23-21(15-7-2-1-3-8-15)18-11-6-10-16(13-18)20-14-17-9-4-5-12-19(17)22-20/h1-13,17,19H,14H2. The van der Waals surface area contributed by atoms with E-state index in [1.54, 1.807) is 0 Å². The van der Waals surface area contributed by atoms with Crippen LogP contribution in [0.5, 0.6) is 0 Å². The summed E-state index contributed by atoms with van der Waals surface area (Å²) in [5.41, 5.74) is 3.59. The summed E-state index contributed by atoms with van der Waals surface area (Å²) in [4.78, 5) is 17.4. The second-order valence-electron chi connectivity index (χ2n) is 5.98. The Kier molecular flexibility index (Phi) is 3.51. The van der Waals surface area contributed by atoms with Crippen molar-refractivity contribution < 1.29 is 4.79 Å². The smallest absolute Gasteiger partial charge is 0.193 e. The third-order valence-corrected chi connectivity index (χ3v) is 4.44. The monoisotopic (exact) mass is 299 g/mol. The van der Waals surface area contributed by atoms with Crippen LogP contribution < -0.4 is 0 Å². The fraction of sp³-hybridized carbons (Fsp3) is 0.143. The van der Waals surface area contributed by atoms with Gasteiger partial charge in [0.25, 0.3) is 0 Å². The molecule has 2 aliphatic rings. The highest BCUT2D eigenvalue weighted by atomic mass is 16.1. The molecule has 0 N–H and O–H groups in total. The first-order valence-corrected chi connectivity index (χ1v) is 7.93. The third kappa shape index (κ3) is 2.68. The molecule has 4 rings (SSSR count). The van der Waals surface area contributed by atoms with Gasteiger partial charge in [-0.05, 0) is 18.1 Å². The maximum absolute atomic E-state index is 12.6. The molecule has 0 saturated heterocycles. The zero-order chi connectivity index (χ0) is 15.6. The second-order valence-corrected chi connectivity index (χ2v) is 5.98. The Hall–Kier alpha value is -2.74. The molecule has 0 amide bonds. The lowest BCUT2D eigenvalue weighted by Crippen LogP contribution is -2.10. The van der Waals surface area contributed by atoms with Crippen molar-refractivity contribution >= 4 is 11.5 Å². The molecular weight excluding hydrogens is 282 g/mol. The molecule has 1 heterocycles. The van der Waals surface area contributed by atoms with Crippen molar-refractivity contribution in [1.29, 1.82) is 0 Å². The van der Waals surface area contributed by atoms with Crippen LogP contribution in [0.1, 0.15) is 27.9 Å². The van der Waals surface area contributed by atoms with Gasteiger partial charge in [0.2, 0.25) is 0 Å². The van der Waals surface area contributed by atoms with Gasteiger partial charge in [0, 0.05) is 22.8 Å². The van der Waals surface area contributed by atoms with Crippen molar-refractivity contribution in [2.75, 3.05) is 0 Å². The van der Waals surface area contributed by atoms with E-state index in [9.17, 15) is 4.79 Å². The first-order valence-electron chi connectivity index (χ1n) is 7.93. The van der Waals surface area contributed by atoms with Crippen molar-refractivity contribution in [3.63, 3.8) is 0 Å². The van der Waals surface area contributed by atoms with E-state index < -0.39 is 0 Å². The van der Waals surface area contributed by atoms with Crippen molar-refractivity contribution in [2.24, 2.45) is 10.9 Å². The van der Waals surface area contributed by atoms with Gasteiger partial charge in [0.1, 0.15) is 0 Å². The van der Waals surface area contributed by atoms with E-state index in [0.29, 0.717) is 5.92 Å². The second kappa shape index (κ2) is 5.81. The minimum absolute atomic E-state index is 0.0586. The number of nitrogens with zero attached hydrogens (tertiary/aromatic N) is 1. The van der Waals surface area contributed by atoms with Gasteiger partial charge in [-0.25, -0.2) is 0 Å². The fourth-order valence-corrected chi connectivity index (χ4v) is 3.21. The number of aliphatic imine (C=N–C) groups is 1. The predicted octanol–water partition coefficient (Wildman–Crippen LogP) is 4.22. The molecule has 2 nitrogen and oxygen atoms in total. The molecule has 2 heteroatoms. The number of benzene rings is 2. The first kappa shape index (κ1) is 13.9. The average molecular weight is 299 g/mol. The number of fused-ring (bicyclic) bond motifs is 1. The maximum Gasteiger partial charge on any atom is 0.193 e. The SMILES string of the molecule is O=C(c1ccccc1)c1cccc(C2=NC3C=CC=CC3C2)c1. The molecule has 2 aromatic rings. The van der Waals surface area contributed by atoms with E-state index in [1.807, 2.05) is 54.6 Å². The van der Waals surface area contributed by atoms with Crippen LogP contribution in [0.25, 0.3) is 0 Å². The number of hydrogen-bond donors (Lipinski definition) is 0. The summed E-state index contributed by atoms with van der Waals surface area (Å²) < 4.78 is 0. The Bertz CT molecular complexity index is 830. The first-order chi connectivity index (χ1) is 11.3. The third-order valence-electron chi connectivity index (χ3n) is 4.44. The van der Waals surface area contributed by atoms with Crippen molar-refractivity contribution in [2.45, 2.75) is 12.5 Å². The molecular formula is C21H17NO. The van der Waals surface area contributed by atoms with Crippen molar-refractivity contribution in [3.05, 3.63) is 95.6 Å². The van der Waals surface area contributed by atoms with E-state index in [0.717, 1.165) is 28.8 Å². The number of rotatable bonds is 3. The van der Waals surface area contributed by atoms with E-state index in [4.69, 9.17) is 4.99 Å². The Balaban J connectivity index is 1.64. The zero-order valence-corrected chi connectivity index (χ0v) is 12.7. The van der Waals surface area contributed by atoms with Gasteiger partial charge in [-0.2, -0.15) is 0 Å². The van der Waals surface area contributed by atoms with E-state index in [-0.39, 0.29) is 11.8 Å². The van der Waals surface area contributed by atoms with Gasteiger partial charge in [-0.1, -0.05) is 72.8 Å². The van der Waals surface area contributed by atoms with Crippen LogP contribution in [-0.2, 0) is 0 Å². The quantitative estimate of drug-likeness (QED) is 0.780. The molecule has 23 heavy (non-hydrogen) atoms. The maximum atomic E-state index is 12.6. The van der Waals surface area contributed by atoms with Crippen LogP contribution in [-0.4, -0.2) is 17.5 Å². The summed E-state index contributed by atoms with van der Waals surface area (Å²) in [6, 6.07) is 17.5. The molecule has 0 spiro atoms. The Labute approximate surface area is 135 Å². The lowest BCUT2D eigenvalue weighted by Gasteiger charge is -2.11. The summed E-state index contributed by atoms with van der Waals surface area (Å²) in [6.07, 6.45) is 9.46. The zero-order valence-electron chi connectivity index (χ0n) is 12.7. The normalized spacial score (nSPS) is 21.8. The number of ketones is 1. The average Bonchev–Trinajstić information content (AvgIpc) is 3.06.